The zero-order valence-corrected chi connectivity index (χ0v) is 11.4. The van der Waals surface area contributed by atoms with Gasteiger partial charge in [0.15, 0.2) is 0 Å². The first-order valence-electron chi connectivity index (χ1n) is 5.15. The van der Waals surface area contributed by atoms with Crippen molar-refractivity contribution in [3.05, 3.63) is 11.8 Å². The van der Waals surface area contributed by atoms with E-state index in [-0.39, 0.29) is 17.1 Å². The van der Waals surface area contributed by atoms with Crippen molar-refractivity contribution in [2.75, 3.05) is 0 Å². The number of rotatable bonds is 6. The van der Waals surface area contributed by atoms with Crippen LogP contribution >= 0.6 is 0 Å². The summed E-state index contributed by atoms with van der Waals surface area (Å²) in [5.74, 6) is 0. The van der Waals surface area contributed by atoms with Crippen molar-refractivity contribution in [2.24, 2.45) is 0 Å². The topological polar surface area (TPSA) is 0 Å². The van der Waals surface area contributed by atoms with Crippen LogP contribution in [0.5, 0.6) is 0 Å². The molecule has 0 rings (SSSR count). The smallest absolute Gasteiger partial charge is 0.502 e. The van der Waals surface area contributed by atoms with E-state index in [1.165, 1.54) is 32.1 Å². The van der Waals surface area contributed by atoms with E-state index in [0.29, 0.717) is 0 Å². The van der Waals surface area contributed by atoms with Crippen molar-refractivity contribution < 1.29 is 17.1 Å². The summed E-state index contributed by atoms with van der Waals surface area (Å²) in [5, 5.41) is 0. The van der Waals surface area contributed by atoms with E-state index < -0.39 is 8.07 Å². The standard InChI is InChI=1S/C11H23Si.Cu/c1-5-6-7-8-9-10-11-12(2,3)4;/h10H,5-9H2,1-4H3;/q-1;+1. The van der Waals surface area contributed by atoms with Crippen LogP contribution in [0.2, 0.25) is 19.6 Å². The van der Waals surface area contributed by atoms with Gasteiger partial charge in [0, 0.05) is 0 Å². The Labute approximate surface area is 95.7 Å². The minimum Gasteiger partial charge on any atom is -0.502 e. The van der Waals surface area contributed by atoms with Crippen molar-refractivity contribution in [3.63, 3.8) is 0 Å². The molecule has 0 aromatic heterocycles. The molecule has 0 aromatic rings. The molecule has 0 bridgehead atoms. The van der Waals surface area contributed by atoms with Gasteiger partial charge in [0.05, 0.1) is 0 Å². The SMILES string of the molecule is CCCCCCC=[C-][Si](C)(C)C.[Cu+]. The van der Waals surface area contributed by atoms with Crippen molar-refractivity contribution >= 4 is 8.07 Å². The molecule has 0 saturated carbocycles. The molecule has 0 radical (unpaired) electrons. The van der Waals surface area contributed by atoms with Crippen LogP contribution in [0, 0.1) is 5.70 Å². The molecule has 0 aromatic carbocycles. The molecule has 0 aliphatic rings. The molecule has 0 amide bonds. The van der Waals surface area contributed by atoms with Gasteiger partial charge in [-0.05, 0) is 0 Å². The van der Waals surface area contributed by atoms with E-state index in [1.54, 1.807) is 0 Å². The molecular weight excluding hydrogens is 224 g/mol. The second-order valence-corrected chi connectivity index (χ2v) is 9.24. The maximum atomic E-state index is 3.51. The average Bonchev–Trinajstić information content (AvgIpc) is 1.94. The van der Waals surface area contributed by atoms with Gasteiger partial charge in [-0.25, -0.2) is 0 Å². The third-order valence-electron chi connectivity index (χ3n) is 1.74. The van der Waals surface area contributed by atoms with Gasteiger partial charge in [0.25, 0.3) is 0 Å². The minimum absolute atomic E-state index is 0. The summed E-state index contributed by atoms with van der Waals surface area (Å²) >= 11 is 0. The van der Waals surface area contributed by atoms with Gasteiger partial charge in [0.2, 0.25) is 0 Å². The molecule has 0 atom stereocenters. The Hall–Kier alpha value is 0.476. The molecule has 13 heavy (non-hydrogen) atoms. The van der Waals surface area contributed by atoms with Crippen molar-refractivity contribution in [1.82, 2.24) is 0 Å². The monoisotopic (exact) mass is 246 g/mol. The first-order chi connectivity index (χ1) is 5.56. The maximum Gasteiger partial charge on any atom is 1.00 e. The van der Waals surface area contributed by atoms with E-state index in [0.717, 1.165) is 0 Å². The van der Waals surface area contributed by atoms with Crippen LogP contribution in [0.4, 0.5) is 0 Å². The Morgan fingerprint density at radius 3 is 2.15 bits per heavy atom. The predicted molar refractivity (Wildman–Crippen MR) is 59.9 cm³/mol. The van der Waals surface area contributed by atoms with Gasteiger partial charge in [-0.15, -0.1) is 8.07 Å². The summed E-state index contributed by atoms with van der Waals surface area (Å²) in [4.78, 5) is 0. The molecule has 2 heteroatoms. The zero-order valence-electron chi connectivity index (χ0n) is 9.41. The molecule has 0 spiro atoms. The Bertz CT molecular complexity index is 125. The Morgan fingerprint density at radius 1 is 1.08 bits per heavy atom. The van der Waals surface area contributed by atoms with Crippen LogP contribution in [0.25, 0.3) is 0 Å². The fourth-order valence-electron chi connectivity index (χ4n) is 1.05. The van der Waals surface area contributed by atoms with E-state index in [2.05, 4.69) is 38.3 Å². The van der Waals surface area contributed by atoms with E-state index in [4.69, 9.17) is 0 Å². The summed E-state index contributed by atoms with van der Waals surface area (Å²) in [5.41, 5.74) is 3.51. The van der Waals surface area contributed by atoms with E-state index >= 15 is 0 Å². The second-order valence-electron chi connectivity index (χ2n) is 4.45. The first kappa shape index (κ1) is 15.9. The molecule has 0 N–H and O–H groups in total. The van der Waals surface area contributed by atoms with Crippen molar-refractivity contribution in [3.8, 4) is 0 Å². The maximum absolute atomic E-state index is 3.51. The molecule has 0 unspecified atom stereocenters. The summed E-state index contributed by atoms with van der Waals surface area (Å²) < 4.78 is 0. The minimum atomic E-state index is -1.03. The van der Waals surface area contributed by atoms with Crippen LogP contribution in [0.1, 0.15) is 39.0 Å². The molecule has 0 nitrogen and oxygen atoms in total. The Kier molecular flexibility index (Phi) is 11.1. The molecule has 0 aliphatic carbocycles. The summed E-state index contributed by atoms with van der Waals surface area (Å²) in [6, 6.07) is 0. The number of hydrogen-bond donors (Lipinski definition) is 0. The van der Waals surface area contributed by atoms with Crippen LogP contribution in [-0.2, 0) is 17.1 Å². The number of allylic oxidation sites excluding steroid dienone is 1. The fourth-order valence-corrected chi connectivity index (χ4v) is 1.81. The summed E-state index contributed by atoms with van der Waals surface area (Å²) in [7, 11) is -1.03. The van der Waals surface area contributed by atoms with Crippen LogP contribution < -0.4 is 0 Å². The summed E-state index contributed by atoms with van der Waals surface area (Å²) in [6.07, 6.45) is 8.97. The average molecular weight is 247 g/mol. The van der Waals surface area contributed by atoms with Gasteiger partial charge in [0.1, 0.15) is 0 Å². The third-order valence-corrected chi connectivity index (χ3v) is 2.81. The molecule has 0 heterocycles. The first-order valence-corrected chi connectivity index (χ1v) is 8.65. The van der Waals surface area contributed by atoms with Crippen molar-refractivity contribution in [2.45, 2.75) is 58.7 Å². The van der Waals surface area contributed by atoms with Gasteiger partial charge < -0.3 is 5.70 Å². The van der Waals surface area contributed by atoms with Crippen LogP contribution in [0.3, 0.4) is 0 Å². The second kappa shape index (κ2) is 9.05. The predicted octanol–water partition coefficient (Wildman–Crippen LogP) is 4.19. The largest absolute Gasteiger partial charge is 1.00 e. The van der Waals surface area contributed by atoms with Crippen LogP contribution in [-0.4, -0.2) is 8.07 Å². The van der Waals surface area contributed by atoms with Crippen molar-refractivity contribution in [1.29, 1.82) is 0 Å². The zero-order chi connectivity index (χ0) is 9.45. The molecule has 0 saturated heterocycles. The molecule has 0 aliphatic heterocycles. The van der Waals surface area contributed by atoms with Gasteiger partial charge >= 0.3 is 17.1 Å². The molecular formula is C11H23CuSi. The van der Waals surface area contributed by atoms with Gasteiger partial charge in [-0.3, -0.25) is 6.08 Å². The Morgan fingerprint density at radius 2 is 1.69 bits per heavy atom. The molecule has 82 valence electrons. The van der Waals surface area contributed by atoms with E-state index in [9.17, 15) is 0 Å². The fraction of sp³-hybridized carbons (Fsp3) is 0.818. The van der Waals surface area contributed by atoms with Gasteiger partial charge in [-0.2, -0.15) is 0 Å². The number of hydrogen-bond acceptors (Lipinski definition) is 0. The normalized spacial score (nSPS) is 11.7. The third kappa shape index (κ3) is 15.2. The van der Waals surface area contributed by atoms with Gasteiger partial charge in [-0.1, -0.05) is 58.7 Å². The quantitative estimate of drug-likeness (QED) is 0.375. The van der Waals surface area contributed by atoms with Crippen LogP contribution in [0.15, 0.2) is 6.08 Å². The summed E-state index contributed by atoms with van der Waals surface area (Å²) in [6.45, 7) is 9.24. The Balaban J connectivity index is 0. The number of unbranched alkanes of at least 4 members (excludes halogenated alkanes) is 4. The van der Waals surface area contributed by atoms with E-state index in [1.807, 2.05) is 0 Å². The molecule has 0 fully saturated rings.